The van der Waals surface area contributed by atoms with Crippen molar-refractivity contribution < 1.29 is 0 Å². The van der Waals surface area contributed by atoms with Crippen molar-refractivity contribution in [2.45, 2.75) is 17.7 Å². The van der Waals surface area contributed by atoms with Gasteiger partial charge in [0.1, 0.15) is 5.84 Å². The quantitative estimate of drug-likeness (QED) is 0.816. The summed E-state index contributed by atoms with van der Waals surface area (Å²) in [4.78, 5) is 15.9. The van der Waals surface area contributed by atoms with E-state index in [1.807, 2.05) is 6.20 Å². The number of likely N-dealkylation sites (N-methyl/N-ethyl adjacent to an activating group) is 1. The van der Waals surface area contributed by atoms with Gasteiger partial charge in [0.15, 0.2) is 9.99 Å². The minimum absolute atomic E-state index is 0.871. The lowest BCUT2D eigenvalue weighted by atomic mass is 10.1. The number of hydrogen-bond donors (Lipinski definition) is 0. The molecule has 0 saturated carbocycles. The zero-order valence-corrected chi connectivity index (χ0v) is 12.9. The molecule has 3 heterocycles. The highest BCUT2D eigenvalue weighted by molar-refractivity contribution is 8.00. The zero-order valence-electron chi connectivity index (χ0n) is 11.3. The van der Waals surface area contributed by atoms with Gasteiger partial charge in [-0.2, -0.15) is 0 Å². The molecule has 0 aliphatic carbocycles. The van der Waals surface area contributed by atoms with Gasteiger partial charge in [0, 0.05) is 25.4 Å². The van der Waals surface area contributed by atoms with Gasteiger partial charge in [-0.1, -0.05) is 18.7 Å². The lowest BCUT2D eigenvalue weighted by Crippen LogP contribution is -2.24. The van der Waals surface area contributed by atoms with Crippen LogP contribution in [0.15, 0.2) is 15.5 Å². The molecule has 0 bridgehead atoms. The molecule has 0 spiro atoms. The van der Waals surface area contributed by atoms with E-state index in [9.17, 15) is 0 Å². The highest BCUT2D eigenvalue weighted by atomic mass is 32.2. The van der Waals surface area contributed by atoms with Crippen LogP contribution in [-0.2, 0) is 6.42 Å². The van der Waals surface area contributed by atoms with E-state index in [0.717, 1.165) is 35.3 Å². The normalized spacial score (nSPS) is 15.3. The first-order valence-corrected chi connectivity index (χ1v) is 8.37. The molecule has 6 heteroatoms. The summed E-state index contributed by atoms with van der Waals surface area (Å²) in [5, 5.41) is 0. The van der Waals surface area contributed by atoms with E-state index < -0.39 is 0 Å². The van der Waals surface area contributed by atoms with Crippen LogP contribution in [0.3, 0.4) is 0 Å². The second kappa shape index (κ2) is 5.09. The van der Waals surface area contributed by atoms with Crippen LogP contribution in [0.4, 0.5) is 0 Å². The van der Waals surface area contributed by atoms with Gasteiger partial charge in [-0.15, -0.1) is 11.3 Å². The minimum atomic E-state index is 0.871. The van der Waals surface area contributed by atoms with Crippen LogP contribution in [0.2, 0.25) is 0 Å². The monoisotopic (exact) mass is 292 g/mol. The number of fused-ring (bicyclic) bond motifs is 1. The number of aliphatic imine (C=N–C) groups is 1. The van der Waals surface area contributed by atoms with E-state index in [2.05, 4.69) is 40.1 Å². The fourth-order valence-electron chi connectivity index (χ4n) is 2.36. The predicted molar refractivity (Wildman–Crippen MR) is 82.6 cm³/mol. The van der Waals surface area contributed by atoms with Gasteiger partial charge in [0.05, 0.1) is 11.2 Å². The van der Waals surface area contributed by atoms with Crippen molar-refractivity contribution in [1.29, 1.82) is 0 Å². The molecular weight excluding hydrogens is 276 g/mol. The van der Waals surface area contributed by atoms with Gasteiger partial charge >= 0.3 is 0 Å². The maximum absolute atomic E-state index is 4.61. The molecule has 0 unspecified atom stereocenters. The lowest BCUT2D eigenvalue weighted by Gasteiger charge is -2.16. The number of thiazole rings is 1. The van der Waals surface area contributed by atoms with Crippen LogP contribution in [-0.4, -0.2) is 47.1 Å². The number of hydrogen-bond acceptors (Lipinski definition) is 6. The highest BCUT2D eigenvalue weighted by Crippen LogP contribution is 2.32. The molecule has 2 aromatic heterocycles. The van der Waals surface area contributed by atoms with Crippen LogP contribution < -0.4 is 0 Å². The second-order valence-corrected chi connectivity index (χ2v) is 6.52. The number of aryl methyl sites for hydroxylation is 1. The summed E-state index contributed by atoms with van der Waals surface area (Å²) < 4.78 is 2.29. The first-order chi connectivity index (χ1) is 9.24. The van der Waals surface area contributed by atoms with Gasteiger partial charge < -0.3 is 4.90 Å². The van der Waals surface area contributed by atoms with Crippen LogP contribution in [0, 0.1) is 0 Å². The van der Waals surface area contributed by atoms with Crippen molar-refractivity contribution in [3.8, 4) is 0 Å². The molecule has 0 aromatic carbocycles. The number of amidine groups is 1. The van der Waals surface area contributed by atoms with E-state index in [0.29, 0.717) is 0 Å². The van der Waals surface area contributed by atoms with Crippen molar-refractivity contribution in [2.24, 2.45) is 4.99 Å². The van der Waals surface area contributed by atoms with E-state index in [-0.39, 0.29) is 0 Å². The topological polar surface area (TPSA) is 41.4 Å². The second-order valence-electron chi connectivity index (χ2n) is 4.47. The third-order valence-corrected chi connectivity index (χ3v) is 5.42. The van der Waals surface area contributed by atoms with Gasteiger partial charge in [0.25, 0.3) is 0 Å². The molecule has 0 radical (unpaired) electrons. The number of pyridine rings is 1. The number of thioether (sulfide) groups is 1. The van der Waals surface area contributed by atoms with Crippen molar-refractivity contribution in [1.82, 2.24) is 14.9 Å². The smallest absolute Gasteiger partial charge is 0.171 e. The predicted octanol–water partition coefficient (Wildman–Crippen LogP) is 2.67. The Morgan fingerprint density at radius 2 is 2.32 bits per heavy atom. The highest BCUT2D eigenvalue weighted by Gasteiger charge is 2.20. The maximum Gasteiger partial charge on any atom is 0.171 e. The Hall–Kier alpha value is -1.14. The molecule has 1 aliphatic heterocycles. The van der Waals surface area contributed by atoms with Crippen molar-refractivity contribution in [3.63, 3.8) is 0 Å². The largest absolute Gasteiger partial charge is 0.358 e. The van der Waals surface area contributed by atoms with E-state index >= 15 is 0 Å². The van der Waals surface area contributed by atoms with Crippen LogP contribution in [0.5, 0.6) is 0 Å². The number of nitrogens with zero attached hydrogens (tertiary/aromatic N) is 4. The van der Waals surface area contributed by atoms with Crippen LogP contribution in [0.1, 0.15) is 18.1 Å². The van der Waals surface area contributed by atoms with Crippen LogP contribution >= 0.6 is 23.1 Å². The average molecular weight is 292 g/mol. The SMILES string of the molecule is CCc1c(C2=NCCN2C)cnc2nc(SC)sc12. The summed E-state index contributed by atoms with van der Waals surface area (Å²) in [5.74, 6) is 1.07. The zero-order chi connectivity index (χ0) is 13.4. The molecule has 0 atom stereocenters. The lowest BCUT2D eigenvalue weighted by molar-refractivity contribution is 0.556. The van der Waals surface area contributed by atoms with Gasteiger partial charge in [-0.3, -0.25) is 4.99 Å². The first-order valence-electron chi connectivity index (χ1n) is 6.33. The fourth-order valence-corrected chi connectivity index (χ4v) is 3.99. The average Bonchev–Trinajstić information content (AvgIpc) is 3.02. The Labute approximate surface area is 121 Å². The number of rotatable bonds is 3. The molecule has 1 aliphatic rings. The molecule has 0 saturated heterocycles. The Bertz CT molecular complexity index is 647. The maximum atomic E-state index is 4.61. The van der Waals surface area contributed by atoms with Crippen molar-refractivity contribution in [3.05, 3.63) is 17.3 Å². The Morgan fingerprint density at radius 3 is 2.95 bits per heavy atom. The van der Waals surface area contributed by atoms with Gasteiger partial charge in [-0.25, -0.2) is 9.97 Å². The summed E-state index contributed by atoms with van der Waals surface area (Å²) in [6, 6.07) is 0. The summed E-state index contributed by atoms with van der Waals surface area (Å²) in [6.07, 6.45) is 4.97. The molecule has 19 heavy (non-hydrogen) atoms. The van der Waals surface area contributed by atoms with Crippen LogP contribution in [0.25, 0.3) is 10.3 Å². The molecule has 100 valence electrons. The summed E-state index contributed by atoms with van der Waals surface area (Å²) in [7, 11) is 2.09. The standard InChI is InChI=1S/C13H16N4S2/c1-4-8-9(12-14-5-6-17(12)2)7-15-11-10(8)19-13(16-11)18-3/h7H,4-6H2,1-3H3. The molecule has 2 aromatic rings. The molecular formula is C13H16N4S2. The third-order valence-electron chi connectivity index (χ3n) is 3.33. The summed E-state index contributed by atoms with van der Waals surface area (Å²) in [5.41, 5.74) is 3.37. The Morgan fingerprint density at radius 1 is 1.47 bits per heavy atom. The third kappa shape index (κ3) is 2.12. The van der Waals surface area contributed by atoms with Gasteiger partial charge in [0.2, 0.25) is 0 Å². The van der Waals surface area contributed by atoms with Crippen molar-refractivity contribution >= 4 is 39.3 Å². The van der Waals surface area contributed by atoms with Gasteiger partial charge in [-0.05, 0) is 18.2 Å². The molecule has 0 N–H and O–H groups in total. The Balaban J connectivity index is 2.20. The van der Waals surface area contributed by atoms with E-state index in [1.165, 1.54) is 15.8 Å². The molecule has 0 amide bonds. The summed E-state index contributed by atoms with van der Waals surface area (Å²) in [6.45, 7) is 4.06. The fraction of sp³-hybridized carbons (Fsp3) is 0.462. The molecule has 3 rings (SSSR count). The summed E-state index contributed by atoms with van der Waals surface area (Å²) >= 11 is 3.42. The van der Waals surface area contributed by atoms with E-state index in [1.54, 1.807) is 23.1 Å². The van der Waals surface area contributed by atoms with E-state index in [4.69, 9.17) is 0 Å². The molecule has 0 fully saturated rings. The Kier molecular flexibility index (Phi) is 3.45. The molecule has 4 nitrogen and oxygen atoms in total. The minimum Gasteiger partial charge on any atom is -0.358 e. The first kappa shape index (κ1) is 12.9. The number of aromatic nitrogens is 2. The van der Waals surface area contributed by atoms with Crippen molar-refractivity contribution in [2.75, 3.05) is 26.4 Å².